The van der Waals surface area contributed by atoms with Gasteiger partial charge in [0.25, 0.3) is 5.91 Å². The van der Waals surface area contributed by atoms with Gasteiger partial charge in [0.2, 0.25) is 0 Å². The van der Waals surface area contributed by atoms with Gasteiger partial charge < -0.3 is 9.73 Å². The molecule has 2 heterocycles. The molecule has 2 aromatic rings. The molecule has 2 atom stereocenters. The summed E-state index contributed by atoms with van der Waals surface area (Å²) in [6, 6.07) is 12.8. The first kappa shape index (κ1) is 14.9. The molecule has 0 unspecified atom stereocenters. The molecular formula is C18H22N2O2. The van der Waals surface area contributed by atoms with E-state index in [0.717, 1.165) is 19.5 Å². The van der Waals surface area contributed by atoms with Crippen molar-refractivity contribution < 1.29 is 9.21 Å². The monoisotopic (exact) mass is 298 g/mol. The first-order valence-electron chi connectivity index (χ1n) is 7.79. The van der Waals surface area contributed by atoms with Crippen molar-refractivity contribution >= 4 is 5.91 Å². The molecule has 0 aliphatic carbocycles. The van der Waals surface area contributed by atoms with Crippen LogP contribution in [0.2, 0.25) is 0 Å². The minimum atomic E-state index is -0.0366. The highest BCUT2D eigenvalue weighted by Crippen LogP contribution is 2.24. The molecule has 1 aliphatic rings. The van der Waals surface area contributed by atoms with Gasteiger partial charge >= 0.3 is 0 Å². The van der Waals surface area contributed by atoms with Crippen molar-refractivity contribution in [2.24, 2.45) is 0 Å². The van der Waals surface area contributed by atoms with Crippen molar-refractivity contribution in [2.75, 3.05) is 13.1 Å². The van der Waals surface area contributed by atoms with Gasteiger partial charge in [-0.25, -0.2) is 0 Å². The molecule has 1 aromatic carbocycles. The number of furan rings is 1. The van der Waals surface area contributed by atoms with Crippen LogP contribution in [0.15, 0.2) is 47.1 Å². The van der Waals surface area contributed by atoms with Crippen LogP contribution in [0.25, 0.3) is 0 Å². The second kappa shape index (κ2) is 6.36. The Morgan fingerprint density at radius 2 is 2.09 bits per heavy atom. The van der Waals surface area contributed by atoms with E-state index in [4.69, 9.17) is 4.42 Å². The smallest absolute Gasteiger partial charge is 0.255 e. The molecule has 1 amide bonds. The highest BCUT2D eigenvalue weighted by atomic mass is 16.3. The molecular weight excluding hydrogens is 276 g/mol. The first-order valence-corrected chi connectivity index (χ1v) is 7.79. The van der Waals surface area contributed by atoms with Crippen LogP contribution in [0.4, 0.5) is 0 Å². The fourth-order valence-corrected chi connectivity index (χ4v) is 3.08. The third-order valence-electron chi connectivity index (χ3n) is 4.49. The van der Waals surface area contributed by atoms with Crippen LogP contribution in [-0.4, -0.2) is 29.9 Å². The Kier molecular flexibility index (Phi) is 4.29. The van der Waals surface area contributed by atoms with Gasteiger partial charge in [-0.15, -0.1) is 0 Å². The number of hydrogen-bond acceptors (Lipinski definition) is 3. The van der Waals surface area contributed by atoms with E-state index in [1.54, 1.807) is 12.3 Å². The standard InChI is InChI=1S/C18H22N2O2/c1-13(15-6-4-3-5-7-15)20-10-8-16(12-20)19-18(21)17-9-11-22-14(17)2/h3-7,9,11,13,16H,8,10,12H2,1-2H3,(H,19,21)/t13-,16+/m0/s1. The zero-order chi connectivity index (χ0) is 15.5. The number of carbonyl (C=O) groups is 1. The van der Waals surface area contributed by atoms with Crippen molar-refractivity contribution in [1.82, 2.24) is 10.2 Å². The van der Waals surface area contributed by atoms with Crippen molar-refractivity contribution in [2.45, 2.75) is 32.4 Å². The number of nitrogens with one attached hydrogen (secondary N) is 1. The fourth-order valence-electron chi connectivity index (χ4n) is 3.08. The predicted molar refractivity (Wildman–Crippen MR) is 85.7 cm³/mol. The average Bonchev–Trinajstić information content (AvgIpc) is 3.16. The van der Waals surface area contributed by atoms with E-state index in [1.165, 1.54) is 5.56 Å². The predicted octanol–water partition coefficient (Wildman–Crippen LogP) is 3.15. The van der Waals surface area contributed by atoms with Gasteiger partial charge in [0.05, 0.1) is 11.8 Å². The molecule has 0 bridgehead atoms. The quantitative estimate of drug-likeness (QED) is 0.943. The Morgan fingerprint density at radius 3 is 2.77 bits per heavy atom. The lowest BCUT2D eigenvalue weighted by atomic mass is 10.1. The number of nitrogens with zero attached hydrogens (tertiary/aromatic N) is 1. The maximum absolute atomic E-state index is 12.2. The Labute approximate surface area is 131 Å². The summed E-state index contributed by atoms with van der Waals surface area (Å²) >= 11 is 0. The Bertz CT molecular complexity index is 636. The molecule has 116 valence electrons. The van der Waals surface area contributed by atoms with Crippen LogP contribution in [0.5, 0.6) is 0 Å². The summed E-state index contributed by atoms with van der Waals surface area (Å²) in [7, 11) is 0. The van der Waals surface area contributed by atoms with Gasteiger partial charge in [-0.05, 0) is 31.9 Å². The van der Waals surface area contributed by atoms with Gasteiger partial charge in [0.15, 0.2) is 0 Å². The molecule has 1 fully saturated rings. The van der Waals surface area contributed by atoms with Crippen LogP contribution in [0.1, 0.15) is 41.1 Å². The molecule has 1 saturated heterocycles. The molecule has 4 heteroatoms. The van der Waals surface area contributed by atoms with Crippen LogP contribution < -0.4 is 5.32 Å². The lowest BCUT2D eigenvalue weighted by Crippen LogP contribution is -2.37. The molecule has 1 aromatic heterocycles. The maximum atomic E-state index is 12.2. The largest absolute Gasteiger partial charge is 0.469 e. The van der Waals surface area contributed by atoms with Gasteiger partial charge in [0, 0.05) is 25.2 Å². The number of likely N-dealkylation sites (tertiary alicyclic amines) is 1. The molecule has 0 radical (unpaired) electrons. The lowest BCUT2D eigenvalue weighted by Gasteiger charge is -2.24. The van der Waals surface area contributed by atoms with Crippen LogP contribution in [0, 0.1) is 6.92 Å². The summed E-state index contributed by atoms with van der Waals surface area (Å²) in [4.78, 5) is 14.7. The SMILES string of the molecule is Cc1occc1C(=O)N[C@@H]1CCN([C@@H](C)c2ccccc2)C1. The third kappa shape index (κ3) is 3.07. The molecule has 1 aliphatic heterocycles. The summed E-state index contributed by atoms with van der Waals surface area (Å²) in [5.74, 6) is 0.635. The molecule has 1 N–H and O–H groups in total. The van der Waals surface area contributed by atoms with Gasteiger partial charge in [-0.1, -0.05) is 30.3 Å². The topological polar surface area (TPSA) is 45.5 Å². The van der Waals surface area contributed by atoms with E-state index in [1.807, 2.05) is 13.0 Å². The van der Waals surface area contributed by atoms with E-state index >= 15 is 0 Å². The van der Waals surface area contributed by atoms with E-state index in [-0.39, 0.29) is 11.9 Å². The Hall–Kier alpha value is -2.07. The van der Waals surface area contributed by atoms with Crippen molar-refractivity contribution in [1.29, 1.82) is 0 Å². The number of carbonyl (C=O) groups excluding carboxylic acids is 1. The summed E-state index contributed by atoms with van der Waals surface area (Å²) < 4.78 is 5.20. The number of aryl methyl sites for hydroxylation is 1. The average molecular weight is 298 g/mol. The van der Waals surface area contributed by atoms with Crippen molar-refractivity contribution in [3.63, 3.8) is 0 Å². The Morgan fingerprint density at radius 1 is 1.32 bits per heavy atom. The minimum absolute atomic E-state index is 0.0366. The maximum Gasteiger partial charge on any atom is 0.255 e. The van der Waals surface area contributed by atoms with Crippen LogP contribution in [0.3, 0.4) is 0 Å². The molecule has 22 heavy (non-hydrogen) atoms. The molecule has 0 saturated carbocycles. The van der Waals surface area contributed by atoms with E-state index in [0.29, 0.717) is 17.4 Å². The lowest BCUT2D eigenvalue weighted by molar-refractivity contribution is 0.0935. The van der Waals surface area contributed by atoms with Crippen LogP contribution in [-0.2, 0) is 0 Å². The second-order valence-corrected chi connectivity index (χ2v) is 5.93. The summed E-state index contributed by atoms with van der Waals surface area (Å²) in [6.07, 6.45) is 2.54. The highest BCUT2D eigenvalue weighted by molar-refractivity contribution is 5.95. The van der Waals surface area contributed by atoms with E-state index in [9.17, 15) is 4.79 Å². The molecule has 4 nitrogen and oxygen atoms in total. The number of rotatable bonds is 4. The summed E-state index contributed by atoms with van der Waals surface area (Å²) in [5, 5.41) is 3.12. The first-order chi connectivity index (χ1) is 10.6. The Balaban J connectivity index is 1.59. The number of hydrogen-bond donors (Lipinski definition) is 1. The minimum Gasteiger partial charge on any atom is -0.469 e. The van der Waals surface area contributed by atoms with Crippen LogP contribution >= 0.6 is 0 Å². The van der Waals surface area contributed by atoms with Gasteiger partial charge in [-0.3, -0.25) is 9.69 Å². The molecule has 0 spiro atoms. The summed E-state index contributed by atoms with van der Waals surface area (Å²) in [5.41, 5.74) is 1.95. The normalized spacial score (nSPS) is 20.0. The van der Waals surface area contributed by atoms with Gasteiger partial charge in [-0.2, -0.15) is 0 Å². The van der Waals surface area contributed by atoms with E-state index in [2.05, 4.69) is 41.4 Å². The van der Waals surface area contributed by atoms with Crippen molar-refractivity contribution in [3.05, 3.63) is 59.5 Å². The van der Waals surface area contributed by atoms with Gasteiger partial charge in [0.1, 0.15) is 5.76 Å². The third-order valence-corrected chi connectivity index (χ3v) is 4.49. The van der Waals surface area contributed by atoms with Crippen molar-refractivity contribution in [3.8, 4) is 0 Å². The second-order valence-electron chi connectivity index (χ2n) is 5.93. The zero-order valence-corrected chi connectivity index (χ0v) is 13.1. The summed E-state index contributed by atoms with van der Waals surface area (Å²) in [6.45, 7) is 5.93. The number of amides is 1. The zero-order valence-electron chi connectivity index (χ0n) is 13.1. The molecule has 3 rings (SSSR count). The van der Waals surface area contributed by atoms with E-state index < -0.39 is 0 Å². The fraction of sp³-hybridized carbons (Fsp3) is 0.389. The highest BCUT2D eigenvalue weighted by Gasteiger charge is 2.28. The number of benzene rings is 1.